The first kappa shape index (κ1) is 30.6. The van der Waals surface area contributed by atoms with Crippen molar-refractivity contribution in [1.82, 2.24) is 4.57 Å². The van der Waals surface area contributed by atoms with Crippen molar-refractivity contribution in [1.29, 1.82) is 0 Å². The van der Waals surface area contributed by atoms with E-state index in [1.54, 1.807) is 60.7 Å². The second-order valence-corrected chi connectivity index (χ2v) is 10.5. The highest BCUT2D eigenvalue weighted by molar-refractivity contribution is 7.07. The molecule has 228 valence electrons. The van der Waals surface area contributed by atoms with Gasteiger partial charge < -0.3 is 23.7 Å². The van der Waals surface area contributed by atoms with Crippen LogP contribution in [0, 0.1) is 5.82 Å². The maximum atomic E-state index is 14.0. The minimum Gasteiger partial charge on any atom is -0.493 e. The van der Waals surface area contributed by atoms with Gasteiger partial charge in [0.05, 0.1) is 43.6 Å². The molecule has 0 N–H and O–H groups in total. The molecule has 0 saturated carbocycles. The Hall–Kier alpha value is -4.90. The van der Waals surface area contributed by atoms with E-state index in [4.69, 9.17) is 23.7 Å². The Morgan fingerprint density at radius 3 is 2.41 bits per heavy atom. The summed E-state index contributed by atoms with van der Waals surface area (Å²) in [4.78, 5) is 31.6. The third-order valence-corrected chi connectivity index (χ3v) is 7.83. The molecule has 9 nitrogen and oxygen atoms in total. The summed E-state index contributed by atoms with van der Waals surface area (Å²) in [7, 11) is 2.79. The average molecular weight is 619 g/mol. The number of carbonyl (C=O) groups excluding carboxylic acids is 1. The zero-order valence-corrected chi connectivity index (χ0v) is 25.5. The first-order valence-electron chi connectivity index (χ1n) is 13.9. The quantitative estimate of drug-likeness (QED) is 0.228. The first-order valence-corrected chi connectivity index (χ1v) is 14.7. The molecular weight excluding hydrogens is 587 g/mol. The number of fused-ring (bicyclic) bond motifs is 1. The van der Waals surface area contributed by atoms with Crippen molar-refractivity contribution in [2.24, 2.45) is 4.99 Å². The summed E-state index contributed by atoms with van der Waals surface area (Å²) in [6.07, 6.45) is 3.16. The summed E-state index contributed by atoms with van der Waals surface area (Å²) in [5.41, 5.74) is 1.60. The Kier molecular flexibility index (Phi) is 9.44. The van der Waals surface area contributed by atoms with Gasteiger partial charge in [-0.25, -0.2) is 14.2 Å². The molecule has 0 bridgehead atoms. The molecule has 44 heavy (non-hydrogen) atoms. The number of hydrogen-bond donors (Lipinski definition) is 0. The van der Waals surface area contributed by atoms with Crippen LogP contribution in [-0.2, 0) is 16.1 Å². The molecule has 0 amide bonds. The number of hydrogen-bond acceptors (Lipinski definition) is 9. The van der Waals surface area contributed by atoms with Gasteiger partial charge in [-0.05, 0) is 61.4 Å². The standard InChI is InChI=1S/C33H31FN2O7S/c1-5-41-26-14-12-21(17-28(26)42-6-2)30-23(32(38)40-4)18-35-33-36(30)31(37)29(44-33)16-20-11-13-25(27(15-20)39-3)43-19-22-9-7-8-10-24(22)34/h7-18,30H,5-6,19H2,1-4H3/b29-16-/t30-/m0/s1. The van der Waals surface area contributed by atoms with Crippen molar-refractivity contribution in [3.05, 3.63) is 115 Å². The van der Waals surface area contributed by atoms with Crippen LogP contribution < -0.4 is 33.8 Å². The molecule has 0 fully saturated rings. The summed E-state index contributed by atoms with van der Waals surface area (Å²) in [6.45, 7) is 4.62. The molecule has 0 saturated heterocycles. The molecule has 2 heterocycles. The molecule has 0 radical (unpaired) electrons. The van der Waals surface area contributed by atoms with E-state index in [9.17, 15) is 14.0 Å². The van der Waals surface area contributed by atoms with Crippen molar-refractivity contribution in [2.45, 2.75) is 26.5 Å². The molecule has 11 heteroatoms. The highest BCUT2D eigenvalue weighted by Crippen LogP contribution is 2.35. The minimum atomic E-state index is -0.806. The predicted octanol–water partition coefficient (Wildman–Crippen LogP) is 4.54. The van der Waals surface area contributed by atoms with Gasteiger partial charge in [0.2, 0.25) is 0 Å². The number of carbonyl (C=O) groups is 1. The molecule has 0 unspecified atom stereocenters. The zero-order valence-electron chi connectivity index (χ0n) is 24.7. The van der Waals surface area contributed by atoms with Crippen molar-refractivity contribution >= 4 is 23.4 Å². The van der Waals surface area contributed by atoms with Gasteiger partial charge >= 0.3 is 5.97 Å². The van der Waals surface area contributed by atoms with Crippen molar-refractivity contribution in [3.63, 3.8) is 0 Å². The fourth-order valence-corrected chi connectivity index (χ4v) is 5.77. The molecule has 0 aliphatic carbocycles. The summed E-state index contributed by atoms with van der Waals surface area (Å²) in [5.74, 6) is 0.954. The number of ether oxygens (including phenoxy) is 5. The zero-order chi connectivity index (χ0) is 31.2. The Balaban J connectivity index is 1.54. The lowest BCUT2D eigenvalue weighted by Crippen LogP contribution is -2.39. The highest BCUT2D eigenvalue weighted by atomic mass is 32.1. The Bertz CT molecular complexity index is 1900. The van der Waals surface area contributed by atoms with Crippen LogP contribution in [-0.4, -0.2) is 38.0 Å². The maximum Gasteiger partial charge on any atom is 0.337 e. The van der Waals surface area contributed by atoms with Crippen LogP contribution in [0.5, 0.6) is 23.0 Å². The van der Waals surface area contributed by atoms with Gasteiger partial charge in [0.15, 0.2) is 27.8 Å². The number of rotatable bonds is 11. The van der Waals surface area contributed by atoms with E-state index in [-0.39, 0.29) is 23.6 Å². The lowest BCUT2D eigenvalue weighted by Gasteiger charge is -2.23. The fraction of sp³-hybridized carbons (Fsp3) is 0.242. The molecule has 3 aromatic carbocycles. The number of aromatic nitrogens is 1. The number of benzene rings is 3. The Morgan fingerprint density at radius 2 is 1.68 bits per heavy atom. The average Bonchev–Trinajstić information content (AvgIpc) is 3.35. The molecule has 1 aromatic heterocycles. The van der Waals surface area contributed by atoms with Crippen molar-refractivity contribution in [3.8, 4) is 23.0 Å². The third kappa shape index (κ3) is 6.23. The summed E-state index contributed by atoms with van der Waals surface area (Å²) >= 11 is 1.19. The third-order valence-electron chi connectivity index (χ3n) is 6.83. The van der Waals surface area contributed by atoms with Crippen LogP contribution in [0.2, 0.25) is 0 Å². The largest absolute Gasteiger partial charge is 0.493 e. The number of halogens is 1. The lowest BCUT2D eigenvalue weighted by molar-refractivity contribution is -0.136. The molecule has 1 aliphatic rings. The summed E-state index contributed by atoms with van der Waals surface area (Å²) in [6, 6.07) is 16.1. The van der Waals surface area contributed by atoms with Crippen LogP contribution in [0.4, 0.5) is 4.39 Å². The number of thiazole rings is 1. The van der Waals surface area contributed by atoms with E-state index in [0.29, 0.717) is 62.2 Å². The molecule has 0 spiro atoms. The monoisotopic (exact) mass is 618 g/mol. The van der Waals surface area contributed by atoms with E-state index < -0.39 is 12.0 Å². The second-order valence-electron chi connectivity index (χ2n) is 9.54. The summed E-state index contributed by atoms with van der Waals surface area (Å²) in [5, 5.41) is 0. The first-order chi connectivity index (χ1) is 21.4. The summed E-state index contributed by atoms with van der Waals surface area (Å²) < 4.78 is 43.8. The highest BCUT2D eigenvalue weighted by Gasteiger charge is 2.31. The van der Waals surface area contributed by atoms with E-state index >= 15 is 0 Å². The Labute approximate surface area is 257 Å². The van der Waals surface area contributed by atoms with Crippen LogP contribution >= 0.6 is 11.3 Å². The van der Waals surface area contributed by atoms with Crippen LogP contribution in [0.1, 0.15) is 36.6 Å². The van der Waals surface area contributed by atoms with Gasteiger partial charge in [-0.3, -0.25) is 9.36 Å². The maximum absolute atomic E-state index is 14.0. The topological polar surface area (TPSA) is 97.6 Å². The lowest BCUT2D eigenvalue weighted by atomic mass is 9.97. The smallest absolute Gasteiger partial charge is 0.337 e. The SMILES string of the molecule is CCOc1ccc([C@H]2C(C(=O)OC)=CN=c3s/c(=C\c4ccc(OCc5ccccc5F)c(OC)c4)c(=O)n32)cc1OCC. The van der Waals surface area contributed by atoms with Gasteiger partial charge in [-0.1, -0.05) is 41.7 Å². The van der Waals surface area contributed by atoms with Crippen LogP contribution in [0.15, 0.2) is 82.2 Å². The number of nitrogens with zero attached hydrogens (tertiary/aromatic N) is 2. The van der Waals surface area contributed by atoms with E-state index in [1.165, 1.54) is 42.4 Å². The van der Waals surface area contributed by atoms with Gasteiger partial charge in [0.25, 0.3) is 5.56 Å². The second kappa shape index (κ2) is 13.6. The Morgan fingerprint density at radius 1 is 0.955 bits per heavy atom. The molecule has 4 aromatic rings. The molecular formula is C33H31FN2O7S. The van der Waals surface area contributed by atoms with Gasteiger partial charge in [-0.2, -0.15) is 0 Å². The fourth-order valence-electron chi connectivity index (χ4n) is 4.80. The van der Waals surface area contributed by atoms with Gasteiger partial charge in [0.1, 0.15) is 12.4 Å². The predicted molar refractivity (Wildman–Crippen MR) is 164 cm³/mol. The van der Waals surface area contributed by atoms with Crippen molar-refractivity contribution < 1.29 is 32.9 Å². The molecule has 1 aliphatic heterocycles. The molecule has 5 rings (SSSR count). The molecule has 1 atom stereocenters. The number of esters is 1. The van der Waals surface area contributed by atoms with E-state index in [0.717, 1.165) is 0 Å². The van der Waals surface area contributed by atoms with Crippen molar-refractivity contribution in [2.75, 3.05) is 27.4 Å². The van der Waals surface area contributed by atoms with E-state index in [1.807, 2.05) is 13.8 Å². The minimum absolute atomic E-state index is 0.0278. The number of methoxy groups -OCH3 is 2. The van der Waals surface area contributed by atoms with Gasteiger partial charge in [0, 0.05) is 11.8 Å². The van der Waals surface area contributed by atoms with E-state index in [2.05, 4.69) is 4.99 Å². The van der Waals surface area contributed by atoms with Crippen LogP contribution in [0.25, 0.3) is 6.08 Å². The van der Waals surface area contributed by atoms with Crippen LogP contribution in [0.3, 0.4) is 0 Å². The van der Waals surface area contributed by atoms with Gasteiger partial charge in [-0.15, -0.1) is 0 Å². The normalized spacial score (nSPS) is 14.2.